The largest absolute Gasteiger partial charge is 0.508 e. The second-order valence-corrected chi connectivity index (χ2v) is 6.81. The summed E-state index contributed by atoms with van der Waals surface area (Å²) in [5.74, 6) is -3.39. The van der Waals surface area contributed by atoms with Crippen LogP contribution < -0.4 is 27.0 Å². The van der Waals surface area contributed by atoms with Crippen molar-refractivity contribution in [1.29, 1.82) is 0 Å². The molecule has 12 nitrogen and oxygen atoms in total. The van der Waals surface area contributed by atoms with Crippen LogP contribution in [0.25, 0.3) is 0 Å². The van der Waals surface area contributed by atoms with Crippen LogP contribution in [0, 0.1) is 0 Å². The average Bonchev–Trinajstić information content (AvgIpc) is 2.68. The lowest BCUT2D eigenvalue weighted by molar-refractivity contribution is -0.131. The van der Waals surface area contributed by atoms with Crippen molar-refractivity contribution >= 4 is 29.5 Å². The van der Waals surface area contributed by atoms with Gasteiger partial charge >= 0.3 is 0 Å². The van der Waals surface area contributed by atoms with Crippen LogP contribution >= 0.6 is 0 Å². The molecule has 1 rings (SSSR count). The van der Waals surface area contributed by atoms with Gasteiger partial charge in [-0.2, -0.15) is 0 Å². The molecule has 0 aliphatic carbocycles. The molecule has 3 atom stereocenters. The van der Waals surface area contributed by atoms with Crippen LogP contribution in [0.5, 0.6) is 5.75 Å². The molecule has 0 saturated heterocycles. The summed E-state index contributed by atoms with van der Waals surface area (Å²) >= 11 is 0. The molecule has 2 unspecified atom stereocenters. The molecule has 0 fully saturated rings. The quantitative estimate of drug-likeness (QED) is 0.191. The summed E-state index contributed by atoms with van der Waals surface area (Å²) in [4.78, 5) is 58.6. The molecule has 0 spiro atoms. The second-order valence-electron chi connectivity index (χ2n) is 6.81. The molecule has 12 heteroatoms. The Kier molecular flexibility index (Phi) is 9.92. The highest BCUT2D eigenvalue weighted by atomic mass is 16.3. The number of phenolic OH excluding ortho intramolecular Hbond substituents is 1. The van der Waals surface area contributed by atoms with Gasteiger partial charge in [0, 0.05) is 13.3 Å². The molecular formula is C19H27N5O7. The third-order valence-electron chi connectivity index (χ3n) is 4.04. The summed E-state index contributed by atoms with van der Waals surface area (Å²) in [5, 5.41) is 28.0. The van der Waals surface area contributed by atoms with Gasteiger partial charge in [0.2, 0.25) is 29.5 Å². The van der Waals surface area contributed by atoms with Crippen molar-refractivity contribution in [3.63, 3.8) is 0 Å². The van der Waals surface area contributed by atoms with Gasteiger partial charge in [-0.05, 0) is 24.6 Å². The number of phenols is 1. The molecule has 0 bridgehead atoms. The number of hydrogen-bond donors (Lipinski definition) is 7. The van der Waals surface area contributed by atoms with E-state index in [-0.39, 0.29) is 12.2 Å². The van der Waals surface area contributed by atoms with E-state index >= 15 is 0 Å². The molecule has 170 valence electrons. The first-order valence-electron chi connectivity index (χ1n) is 9.35. The van der Waals surface area contributed by atoms with Crippen LogP contribution in [-0.2, 0) is 30.4 Å². The average molecular weight is 437 g/mol. The van der Waals surface area contributed by atoms with Crippen LogP contribution in [-0.4, -0.2) is 71.0 Å². The lowest BCUT2D eigenvalue weighted by Gasteiger charge is -2.19. The second kappa shape index (κ2) is 12.1. The van der Waals surface area contributed by atoms with E-state index in [1.807, 2.05) is 0 Å². The topological polar surface area (TPSA) is 200 Å². The van der Waals surface area contributed by atoms with Gasteiger partial charge < -0.3 is 37.2 Å². The lowest BCUT2D eigenvalue weighted by atomic mass is 10.0. The molecule has 0 heterocycles. The van der Waals surface area contributed by atoms with Crippen molar-refractivity contribution in [2.75, 3.05) is 13.1 Å². The van der Waals surface area contributed by atoms with Crippen molar-refractivity contribution in [2.24, 2.45) is 5.73 Å². The number of carbonyl (C=O) groups is 5. The van der Waals surface area contributed by atoms with E-state index in [9.17, 15) is 34.2 Å². The molecule has 0 aromatic heterocycles. The Morgan fingerprint density at radius 3 is 2.06 bits per heavy atom. The summed E-state index contributed by atoms with van der Waals surface area (Å²) in [6.07, 6.45) is -1.08. The summed E-state index contributed by atoms with van der Waals surface area (Å²) in [6.45, 7) is 1.55. The van der Waals surface area contributed by atoms with Gasteiger partial charge in [0.05, 0.1) is 19.2 Å². The number of benzene rings is 1. The highest BCUT2D eigenvalue weighted by molar-refractivity contribution is 5.92. The minimum Gasteiger partial charge on any atom is -0.508 e. The fraction of sp³-hybridized carbons (Fsp3) is 0.421. The number of aliphatic hydroxyl groups excluding tert-OH is 1. The third-order valence-corrected chi connectivity index (χ3v) is 4.04. The van der Waals surface area contributed by atoms with Crippen LogP contribution in [0.3, 0.4) is 0 Å². The summed E-state index contributed by atoms with van der Waals surface area (Å²) < 4.78 is 0. The number of primary amides is 1. The van der Waals surface area contributed by atoms with Gasteiger partial charge in [0.1, 0.15) is 17.8 Å². The maximum Gasteiger partial charge on any atom is 0.243 e. The normalized spacial score (nSPS) is 13.3. The van der Waals surface area contributed by atoms with Crippen LogP contribution in [0.1, 0.15) is 19.4 Å². The molecule has 8 N–H and O–H groups in total. The lowest BCUT2D eigenvalue weighted by Crippen LogP contribution is -2.53. The van der Waals surface area contributed by atoms with Crippen molar-refractivity contribution in [3.8, 4) is 5.75 Å². The number of hydrogen-bond acceptors (Lipinski definition) is 7. The predicted molar refractivity (Wildman–Crippen MR) is 108 cm³/mol. The Morgan fingerprint density at radius 2 is 1.55 bits per heavy atom. The standard InChI is InChI=1S/C19H27N5O7/c1-10(25)17(18(20)30)24-16(29)9-21-15(28)8-22-19(31)14(23-11(2)26)7-12-3-5-13(27)6-4-12/h3-6,10,14,17,25,27H,7-9H2,1-2H3,(H2,20,30)(H,21,28)(H,22,31)(H,23,26)(H,24,29)/t10?,14-,17?/m1/s1. The van der Waals surface area contributed by atoms with E-state index in [1.54, 1.807) is 12.1 Å². The smallest absolute Gasteiger partial charge is 0.243 e. The Balaban J connectivity index is 2.53. The summed E-state index contributed by atoms with van der Waals surface area (Å²) in [7, 11) is 0. The maximum atomic E-state index is 12.4. The summed E-state index contributed by atoms with van der Waals surface area (Å²) in [5.41, 5.74) is 5.73. The van der Waals surface area contributed by atoms with E-state index in [0.717, 1.165) is 0 Å². The van der Waals surface area contributed by atoms with Crippen molar-refractivity contribution < 1.29 is 34.2 Å². The Hall–Kier alpha value is -3.67. The van der Waals surface area contributed by atoms with Crippen molar-refractivity contribution in [3.05, 3.63) is 29.8 Å². The first kappa shape index (κ1) is 25.4. The number of carbonyl (C=O) groups excluding carboxylic acids is 5. The number of aliphatic hydroxyl groups is 1. The highest BCUT2D eigenvalue weighted by Crippen LogP contribution is 2.11. The minimum absolute atomic E-state index is 0.0561. The van der Waals surface area contributed by atoms with Gasteiger partial charge in [-0.15, -0.1) is 0 Å². The SMILES string of the molecule is CC(=O)N[C@H](Cc1ccc(O)cc1)C(=O)NCC(=O)NCC(=O)NC(C(N)=O)C(C)O. The fourth-order valence-corrected chi connectivity index (χ4v) is 2.51. The third kappa shape index (κ3) is 9.58. The Morgan fingerprint density at radius 1 is 0.968 bits per heavy atom. The molecule has 1 aromatic rings. The van der Waals surface area contributed by atoms with Gasteiger partial charge in [-0.3, -0.25) is 24.0 Å². The first-order chi connectivity index (χ1) is 14.5. The van der Waals surface area contributed by atoms with Gasteiger partial charge in [0.15, 0.2) is 0 Å². The van der Waals surface area contributed by atoms with E-state index in [0.29, 0.717) is 5.56 Å². The van der Waals surface area contributed by atoms with Crippen molar-refractivity contribution in [1.82, 2.24) is 21.3 Å². The first-order valence-corrected chi connectivity index (χ1v) is 9.35. The van der Waals surface area contributed by atoms with E-state index < -0.39 is 60.8 Å². The summed E-state index contributed by atoms with van der Waals surface area (Å²) in [6, 6.07) is 3.81. The van der Waals surface area contributed by atoms with Gasteiger partial charge in [-0.1, -0.05) is 12.1 Å². The molecule has 1 aromatic carbocycles. The highest BCUT2D eigenvalue weighted by Gasteiger charge is 2.24. The Labute approximate surface area is 178 Å². The number of nitrogens with one attached hydrogen (secondary N) is 4. The monoisotopic (exact) mass is 437 g/mol. The zero-order valence-electron chi connectivity index (χ0n) is 17.2. The number of nitrogens with two attached hydrogens (primary N) is 1. The van der Waals surface area contributed by atoms with E-state index in [4.69, 9.17) is 5.73 Å². The van der Waals surface area contributed by atoms with Gasteiger partial charge in [-0.25, -0.2) is 0 Å². The Bertz CT molecular complexity index is 810. The fourth-order valence-electron chi connectivity index (χ4n) is 2.51. The molecule has 31 heavy (non-hydrogen) atoms. The molecule has 0 aliphatic rings. The maximum absolute atomic E-state index is 12.4. The molecular weight excluding hydrogens is 410 g/mol. The minimum atomic E-state index is -1.30. The van der Waals surface area contributed by atoms with E-state index in [2.05, 4.69) is 21.3 Å². The van der Waals surface area contributed by atoms with Crippen molar-refractivity contribution in [2.45, 2.75) is 38.5 Å². The van der Waals surface area contributed by atoms with Crippen LogP contribution in [0.2, 0.25) is 0 Å². The van der Waals surface area contributed by atoms with E-state index in [1.165, 1.54) is 26.0 Å². The predicted octanol–water partition coefficient (Wildman–Crippen LogP) is -2.98. The molecule has 0 saturated carbocycles. The molecule has 5 amide bonds. The molecule has 0 aliphatic heterocycles. The van der Waals surface area contributed by atoms with Crippen LogP contribution in [0.4, 0.5) is 0 Å². The molecule has 0 radical (unpaired) electrons. The number of amides is 5. The van der Waals surface area contributed by atoms with Crippen LogP contribution in [0.15, 0.2) is 24.3 Å². The number of aromatic hydroxyl groups is 1. The zero-order valence-corrected chi connectivity index (χ0v) is 17.2. The van der Waals surface area contributed by atoms with Gasteiger partial charge in [0.25, 0.3) is 0 Å². The number of rotatable bonds is 11. The zero-order chi connectivity index (χ0) is 23.6.